The molecule has 4 N–H and O–H groups in total. The van der Waals surface area contributed by atoms with Gasteiger partial charge in [-0.1, -0.05) is 6.07 Å². The molecule has 0 spiro atoms. The summed E-state index contributed by atoms with van der Waals surface area (Å²) in [4.78, 5) is 30.0. The summed E-state index contributed by atoms with van der Waals surface area (Å²) < 4.78 is 0. The van der Waals surface area contributed by atoms with E-state index in [-0.39, 0.29) is 11.9 Å². The minimum Gasteiger partial charge on any atom is -0.330 e. The Morgan fingerprint density at radius 3 is 2.79 bits per heavy atom. The summed E-state index contributed by atoms with van der Waals surface area (Å²) in [6, 6.07) is 3.64. The molecule has 2 aromatic heterocycles. The van der Waals surface area contributed by atoms with E-state index in [9.17, 15) is 9.59 Å². The van der Waals surface area contributed by atoms with Crippen molar-refractivity contribution in [2.24, 2.45) is 11.7 Å². The first kappa shape index (κ1) is 18.9. The third-order valence-corrected chi connectivity index (χ3v) is 6.76. The number of hydrogen-bond acceptors (Lipinski definition) is 5. The largest absolute Gasteiger partial charge is 0.330 e. The van der Waals surface area contributed by atoms with Crippen molar-refractivity contribution in [1.82, 2.24) is 20.0 Å². The lowest BCUT2D eigenvalue weighted by Gasteiger charge is -2.39. The van der Waals surface area contributed by atoms with Gasteiger partial charge in [0, 0.05) is 18.7 Å². The van der Waals surface area contributed by atoms with Crippen LogP contribution in [0.1, 0.15) is 47.6 Å². The minimum atomic E-state index is -0.518. The van der Waals surface area contributed by atoms with Crippen LogP contribution in [0.25, 0.3) is 0 Å². The minimum absolute atomic E-state index is 0.0283. The highest BCUT2D eigenvalue weighted by molar-refractivity contribution is 7.12. The fourth-order valence-electron chi connectivity index (χ4n) is 4.03. The van der Waals surface area contributed by atoms with E-state index < -0.39 is 5.54 Å². The molecule has 0 bridgehead atoms. The second kappa shape index (κ2) is 7.21. The molecule has 8 nitrogen and oxygen atoms in total. The van der Waals surface area contributed by atoms with Gasteiger partial charge in [-0.25, -0.2) is 4.79 Å². The molecule has 4 heterocycles. The quantitative estimate of drug-likeness (QED) is 0.733. The van der Waals surface area contributed by atoms with Crippen LogP contribution < -0.4 is 11.1 Å². The summed E-state index contributed by atoms with van der Waals surface area (Å²) in [5, 5.41) is 12.1. The average molecular weight is 403 g/mol. The van der Waals surface area contributed by atoms with E-state index in [0.29, 0.717) is 29.7 Å². The molecule has 0 aliphatic carbocycles. The Labute approximate surface area is 168 Å². The molecular weight excluding hydrogens is 376 g/mol. The third-order valence-electron chi connectivity index (χ3n) is 5.90. The average Bonchev–Trinajstić information content (AvgIpc) is 3.40. The number of nitrogens with two attached hydrogens (primary N) is 1. The second-order valence-corrected chi connectivity index (χ2v) is 8.90. The first-order chi connectivity index (χ1) is 13.4. The predicted molar refractivity (Wildman–Crippen MR) is 108 cm³/mol. The van der Waals surface area contributed by atoms with Crippen molar-refractivity contribution in [3.05, 3.63) is 33.6 Å². The third kappa shape index (κ3) is 3.18. The highest BCUT2D eigenvalue weighted by Crippen LogP contribution is 2.41. The zero-order chi connectivity index (χ0) is 19.9. The topological polar surface area (TPSA) is 107 Å². The molecule has 0 radical (unpaired) electrons. The number of rotatable bonds is 3. The number of fused-ring (bicyclic) bond motifs is 1. The van der Waals surface area contributed by atoms with Crippen LogP contribution in [0.5, 0.6) is 0 Å². The Morgan fingerprint density at radius 1 is 1.39 bits per heavy atom. The number of anilines is 1. The summed E-state index contributed by atoms with van der Waals surface area (Å²) in [7, 11) is 0. The molecule has 150 valence electrons. The maximum atomic E-state index is 13.2. The SMILES string of the molecule is CC1(C)c2[nH]nc(NC(=O)c3cccs3)c2CN1C(=O)N1CCC(CN)CC1. The molecule has 1 fully saturated rings. The Bertz CT molecular complexity index is 867. The number of amides is 3. The van der Waals surface area contributed by atoms with Gasteiger partial charge in [-0.05, 0) is 50.6 Å². The maximum absolute atomic E-state index is 13.2. The number of aromatic nitrogens is 2. The molecule has 2 aliphatic heterocycles. The van der Waals surface area contributed by atoms with Gasteiger partial charge in [0.25, 0.3) is 5.91 Å². The van der Waals surface area contributed by atoms with Crippen molar-refractivity contribution in [1.29, 1.82) is 0 Å². The number of carbonyl (C=O) groups excluding carboxylic acids is 2. The van der Waals surface area contributed by atoms with Crippen LogP contribution in [0.15, 0.2) is 17.5 Å². The summed E-state index contributed by atoms with van der Waals surface area (Å²) in [6.45, 7) is 6.59. The molecule has 3 amide bonds. The number of nitrogens with zero attached hydrogens (tertiary/aromatic N) is 3. The number of thiophene rings is 1. The fraction of sp³-hybridized carbons (Fsp3) is 0.526. The van der Waals surface area contributed by atoms with Gasteiger partial charge in [0.15, 0.2) is 5.82 Å². The Kier molecular flexibility index (Phi) is 4.88. The van der Waals surface area contributed by atoms with E-state index in [2.05, 4.69) is 15.5 Å². The summed E-state index contributed by atoms with van der Waals surface area (Å²) in [5.41, 5.74) is 7.00. The number of urea groups is 1. The van der Waals surface area contributed by atoms with E-state index in [0.717, 1.165) is 37.2 Å². The van der Waals surface area contributed by atoms with E-state index in [1.54, 1.807) is 6.07 Å². The van der Waals surface area contributed by atoms with E-state index in [1.807, 2.05) is 35.1 Å². The molecule has 0 saturated carbocycles. The highest BCUT2D eigenvalue weighted by atomic mass is 32.1. The van der Waals surface area contributed by atoms with Crippen molar-refractivity contribution >= 4 is 29.1 Å². The Morgan fingerprint density at radius 2 is 2.14 bits per heavy atom. The molecule has 28 heavy (non-hydrogen) atoms. The molecule has 1 saturated heterocycles. The lowest BCUT2D eigenvalue weighted by atomic mass is 9.97. The maximum Gasteiger partial charge on any atom is 0.321 e. The molecule has 2 aliphatic rings. The molecule has 4 rings (SSSR count). The number of piperidine rings is 1. The smallest absolute Gasteiger partial charge is 0.321 e. The number of aromatic amines is 1. The fourth-order valence-corrected chi connectivity index (χ4v) is 4.65. The number of likely N-dealkylation sites (tertiary alicyclic amines) is 1. The zero-order valence-corrected chi connectivity index (χ0v) is 17.0. The number of hydrogen-bond donors (Lipinski definition) is 3. The van der Waals surface area contributed by atoms with Crippen molar-refractivity contribution < 1.29 is 9.59 Å². The summed E-state index contributed by atoms with van der Waals surface area (Å²) >= 11 is 1.38. The van der Waals surface area contributed by atoms with Crippen LogP contribution in [0.4, 0.5) is 10.6 Å². The molecule has 2 aromatic rings. The monoisotopic (exact) mass is 402 g/mol. The van der Waals surface area contributed by atoms with Gasteiger partial charge in [-0.3, -0.25) is 9.89 Å². The van der Waals surface area contributed by atoms with Gasteiger partial charge in [0.05, 0.1) is 22.7 Å². The van der Waals surface area contributed by atoms with E-state index >= 15 is 0 Å². The van der Waals surface area contributed by atoms with Gasteiger partial charge in [0.1, 0.15) is 0 Å². The molecular formula is C19H26N6O2S. The van der Waals surface area contributed by atoms with Crippen molar-refractivity contribution in [2.45, 2.75) is 38.8 Å². The highest BCUT2D eigenvalue weighted by Gasteiger charge is 2.45. The molecule has 0 aromatic carbocycles. The van der Waals surface area contributed by atoms with Crippen LogP contribution in [0.3, 0.4) is 0 Å². The van der Waals surface area contributed by atoms with Crippen molar-refractivity contribution in [2.75, 3.05) is 25.0 Å². The van der Waals surface area contributed by atoms with Gasteiger partial charge in [0.2, 0.25) is 0 Å². The lowest BCUT2D eigenvalue weighted by Crippen LogP contribution is -2.51. The normalized spacial score (nSPS) is 19.0. The van der Waals surface area contributed by atoms with Crippen molar-refractivity contribution in [3.63, 3.8) is 0 Å². The molecule has 0 unspecified atom stereocenters. The van der Waals surface area contributed by atoms with Crippen molar-refractivity contribution in [3.8, 4) is 0 Å². The summed E-state index contributed by atoms with van der Waals surface area (Å²) in [6.07, 6.45) is 1.90. The standard InChI is InChI=1S/C19H26N6O2S/c1-19(2)15-13(16(23-22-15)21-17(26)14-4-3-9-28-14)11-25(19)18(27)24-7-5-12(10-20)6-8-24/h3-4,9,12H,5-8,10-11,20H2,1-2H3,(H2,21,22,23,26). The molecule has 0 atom stereocenters. The first-order valence-electron chi connectivity index (χ1n) is 9.61. The molecule has 9 heteroatoms. The second-order valence-electron chi connectivity index (χ2n) is 7.95. The van der Waals surface area contributed by atoms with Crippen LogP contribution in [-0.4, -0.2) is 51.6 Å². The van der Waals surface area contributed by atoms with Crippen LogP contribution in [-0.2, 0) is 12.1 Å². The van der Waals surface area contributed by atoms with Crippen LogP contribution in [0.2, 0.25) is 0 Å². The predicted octanol–water partition coefficient (Wildman–Crippen LogP) is 2.56. The first-order valence-corrected chi connectivity index (χ1v) is 10.5. The number of carbonyl (C=O) groups is 2. The van der Waals surface area contributed by atoms with E-state index in [4.69, 9.17) is 5.73 Å². The van der Waals surface area contributed by atoms with Gasteiger partial charge < -0.3 is 20.9 Å². The van der Waals surface area contributed by atoms with Gasteiger partial charge in [-0.2, -0.15) is 5.10 Å². The number of nitrogens with one attached hydrogen (secondary N) is 2. The summed E-state index contributed by atoms with van der Waals surface area (Å²) in [5.74, 6) is 0.820. The number of H-pyrrole nitrogens is 1. The van der Waals surface area contributed by atoms with Gasteiger partial charge >= 0.3 is 6.03 Å². The van der Waals surface area contributed by atoms with Crippen LogP contribution in [0, 0.1) is 5.92 Å². The van der Waals surface area contributed by atoms with E-state index in [1.165, 1.54) is 11.3 Å². The van der Waals surface area contributed by atoms with Gasteiger partial charge in [-0.15, -0.1) is 11.3 Å². The Balaban J connectivity index is 1.50. The lowest BCUT2D eigenvalue weighted by molar-refractivity contribution is 0.0942. The van der Waals surface area contributed by atoms with Crippen LogP contribution >= 0.6 is 11.3 Å². The zero-order valence-electron chi connectivity index (χ0n) is 16.2. The Hall–Kier alpha value is -2.39.